The molecule has 3 rings (SSSR count). The molecular weight excluding hydrogens is 162 g/mol. The van der Waals surface area contributed by atoms with Crippen LogP contribution in [0.3, 0.4) is 0 Å². The molecule has 0 amide bonds. The fraction of sp³-hybridized carbons (Fsp3) is 0.182. The van der Waals surface area contributed by atoms with Crippen LogP contribution in [0, 0.1) is 0 Å². The van der Waals surface area contributed by atoms with Crippen LogP contribution in [0.4, 0.5) is 0 Å². The summed E-state index contributed by atoms with van der Waals surface area (Å²) >= 11 is 0. The molecule has 1 aliphatic carbocycles. The molecule has 64 valence electrons. The third-order valence-corrected chi connectivity index (χ3v) is 2.76. The number of benzene rings is 1. The van der Waals surface area contributed by atoms with Crippen LogP contribution in [0.25, 0.3) is 10.8 Å². The molecule has 0 unspecified atom stereocenters. The van der Waals surface area contributed by atoms with E-state index >= 15 is 0 Å². The maximum absolute atomic E-state index is 11.5. The number of pyridine rings is 1. The van der Waals surface area contributed by atoms with Gasteiger partial charge in [-0.15, -0.1) is 0 Å². The van der Waals surface area contributed by atoms with Gasteiger partial charge in [0.2, 0.25) is 0 Å². The normalized spacial score (nSPS) is 13.8. The summed E-state index contributed by atoms with van der Waals surface area (Å²) in [6, 6.07) is 5.97. The molecule has 0 radical (unpaired) electrons. The molecule has 1 N–H and O–H groups in total. The third-order valence-electron chi connectivity index (χ3n) is 2.76. The SMILES string of the molecule is O=c1[nH]cc2c3c(cccc13)CC2. The number of hydrogen-bond acceptors (Lipinski definition) is 1. The smallest absolute Gasteiger partial charge is 0.255 e. The van der Waals surface area contributed by atoms with Crippen molar-refractivity contribution in [3.8, 4) is 0 Å². The summed E-state index contributed by atoms with van der Waals surface area (Å²) in [4.78, 5) is 14.2. The van der Waals surface area contributed by atoms with Crippen LogP contribution in [0.15, 0.2) is 29.2 Å². The molecule has 13 heavy (non-hydrogen) atoms. The topological polar surface area (TPSA) is 32.9 Å². The Morgan fingerprint density at radius 3 is 2.92 bits per heavy atom. The van der Waals surface area contributed by atoms with Crippen LogP contribution >= 0.6 is 0 Å². The van der Waals surface area contributed by atoms with Gasteiger partial charge < -0.3 is 4.98 Å². The second kappa shape index (κ2) is 2.22. The van der Waals surface area contributed by atoms with Gasteiger partial charge in [0.15, 0.2) is 0 Å². The number of aryl methyl sites for hydroxylation is 2. The van der Waals surface area contributed by atoms with Crippen molar-refractivity contribution in [2.75, 3.05) is 0 Å². The lowest BCUT2D eigenvalue weighted by atomic mass is 10.1. The minimum atomic E-state index is 0.0301. The van der Waals surface area contributed by atoms with E-state index in [-0.39, 0.29) is 5.56 Å². The number of rotatable bonds is 0. The second-order valence-corrected chi connectivity index (χ2v) is 3.48. The highest BCUT2D eigenvalue weighted by molar-refractivity contribution is 5.89. The maximum Gasteiger partial charge on any atom is 0.255 e. The van der Waals surface area contributed by atoms with E-state index in [4.69, 9.17) is 0 Å². The Labute approximate surface area is 75.2 Å². The van der Waals surface area contributed by atoms with Crippen LogP contribution in [0.2, 0.25) is 0 Å². The first-order valence-electron chi connectivity index (χ1n) is 4.48. The zero-order chi connectivity index (χ0) is 8.84. The first-order valence-corrected chi connectivity index (χ1v) is 4.48. The first kappa shape index (κ1) is 6.89. The fourth-order valence-corrected chi connectivity index (χ4v) is 2.15. The lowest BCUT2D eigenvalue weighted by molar-refractivity contribution is 1.01. The summed E-state index contributed by atoms with van der Waals surface area (Å²) in [5.41, 5.74) is 2.63. The lowest BCUT2D eigenvalue weighted by Crippen LogP contribution is -2.05. The summed E-state index contributed by atoms with van der Waals surface area (Å²) in [7, 11) is 0. The fourth-order valence-electron chi connectivity index (χ4n) is 2.15. The van der Waals surface area contributed by atoms with Crippen molar-refractivity contribution in [2.24, 2.45) is 0 Å². The van der Waals surface area contributed by atoms with Crippen molar-refractivity contribution >= 4 is 10.8 Å². The van der Waals surface area contributed by atoms with Gasteiger partial charge in [0.05, 0.1) is 0 Å². The molecular formula is C11H9NO. The molecule has 0 saturated carbocycles. The molecule has 0 aliphatic heterocycles. The Morgan fingerprint density at radius 1 is 1.15 bits per heavy atom. The van der Waals surface area contributed by atoms with Gasteiger partial charge in [-0.25, -0.2) is 0 Å². The van der Waals surface area contributed by atoms with Gasteiger partial charge >= 0.3 is 0 Å². The molecule has 1 heterocycles. The van der Waals surface area contributed by atoms with Gasteiger partial charge in [-0.3, -0.25) is 4.79 Å². The first-order chi connectivity index (χ1) is 6.36. The zero-order valence-corrected chi connectivity index (χ0v) is 7.13. The quantitative estimate of drug-likeness (QED) is 0.642. The minimum Gasteiger partial charge on any atom is -0.328 e. The van der Waals surface area contributed by atoms with Crippen LogP contribution < -0.4 is 5.56 Å². The van der Waals surface area contributed by atoms with Crippen molar-refractivity contribution in [3.05, 3.63) is 45.9 Å². The summed E-state index contributed by atoms with van der Waals surface area (Å²) in [6.07, 6.45) is 3.98. The summed E-state index contributed by atoms with van der Waals surface area (Å²) in [5, 5.41) is 2.03. The van der Waals surface area contributed by atoms with E-state index in [9.17, 15) is 4.79 Å². The molecule has 0 fully saturated rings. The average molecular weight is 171 g/mol. The Morgan fingerprint density at radius 2 is 2.00 bits per heavy atom. The van der Waals surface area contributed by atoms with Gasteiger partial charge in [-0.1, -0.05) is 12.1 Å². The van der Waals surface area contributed by atoms with Crippen molar-refractivity contribution < 1.29 is 0 Å². The maximum atomic E-state index is 11.5. The molecule has 0 spiro atoms. The Bertz CT molecular complexity index is 529. The molecule has 2 nitrogen and oxygen atoms in total. The van der Waals surface area contributed by atoms with Crippen LogP contribution in [0.5, 0.6) is 0 Å². The summed E-state index contributed by atoms with van der Waals surface area (Å²) in [5.74, 6) is 0. The molecule has 0 bridgehead atoms. The summed E-state index contributed by atoms with van der Waals surface area (Å²) in [6.45, 7) is 0. The number of H-pyrrole nitrogens is 1. The van der Waals surface area contributed by atoms with E-state index in [1.54, 1.807) is 0 Å². The van der Waals surface area contributed by atoms with E-state index in [1.807, 2.05) is 18.3 Å². The molecule has 0 atom stereocenters. The van der Waals surface area contributed by atoms with E-state index in [0.717, 1.165) is 18.2 Å². The van der Waals surface area contributed by atoms with Crippen molar-refractivity contribution in [3.63, 3.8) is 0 Å². The third kappa shape index (κ3) is 0.800. The van der Waals surface area contributed by atoms with Gasteiger partial charge in [-0.2, -0.15) is 0 Å². The second-order valence-electron chi connectivity index (χ2n) is 3.48. The van der Waals surface area contributed by atoms with E-state index in [1.165, 1.54) is 16.5 Å². The zero-order valence-electron chi connectivity index (χ0n) is 7.13. The average Bonchev–Trinajstić information content (AvgIpc) is 2.57. The molecule has 2 aromatic rings. The largest absolute Gasteiger partial charge is 0.328 e. The monoisotopic (exact) mass is 171 g/mol. The molecule has 2 heteroatoms. The highest BCUT2D eigenvalue weighted by Gasteiger charge is 2.14. The molecule has 1 aromatic heterocycles. The number of aromatic amines is 1. The van der Waals surface area contributed by atoms with Crippen LogP contribution in [0.1, 0.15) is 11.1 Å². The molecule has 1 aromatic carbocycles. The Hall–Kier alpha value is -1.57. The molecule has 0 saturated heterocycles. The van der Waals surface area contributed by atoms with Crippen LogP contribution in [-0.2, 0) is 12.8 Å². The number of aromatic nitrogens is 1. The molecule has 1 aliphatic rings. The lowest BCUT2D eigenvalue weighted by Gasteiger charge is -1.98. The van der Waals surface area contributed by atoms with Gasteiger partial charge in [0.25, 0.3) is 5.56 Å². The minimum absolute atomic E-state index is 0.0301. The highest BCUT2D eigenvalue weighted by atomic mass is 16.1. The van der Waals surface area contributed by atoms with Crippen molar-refractivity contribution in [2.45, 2.75) is 12.8 Å². The highest BCUT2D eigenvalue weighted by Crippen LogP contribution is 2.27. The predicted molar refractivity (Wildman–Crippen MR) is 52.0 cm³/mol. The van der Waals surface area contributed by atoms with Gasteiger partial charge in [0.1, 0.15) is 0 Å². The van der Waals surface area contributed by atoms with E-state index < -0.39 is 0 Å². The van der Waals surface area contributed by atoms with Gasteiger partial charge in [-0.05, 0) is 35.4 Å². The van der Waals surface area contributed by atoms with Crippen LogP contribution in [-0.4, -0.2) is 4.98 Å². The Kier molecular flexibility index (Phi) is 1.18. The standard InChI is InChI=1S/C11H9NO/c13-11-9-3-1-2-7-4-5-8(6-12-11)10(7)9/h1-3,6H,4-5H2,(H,12,13). The van der Waals surface area contributed by atoms with E-state index in [0.29, 0.717) is 0 Å². The number of hydrogen-bond donors (Lipinski definition) is 1. The van der Waals surface area contributed by atoms with Gasteiger partial charge in [0, 0.05) is 11.6 Å². The van der Waals surface area contributed by atoms with Crippen molar-refractivity contribution in [1.82, 2.24) is 4.98 Å². The predicted octanol–water partition coefficient (Wildman–Crippen LogP) is 1.63. The van der Waals surface area contributed by atoms with E-state index in [2.05, 4.69) is 11.1 Å². The van der Waals surface area contributed by atoms with Crippen molar-refractivity contribution in [1.29, 1.82) is 0 Å². The summed E-state index contributed by atoms with van der Waals surface area (Å²) < 4.78 is 0. The number of nitrogens with one attached hydrogen (secondary N) is 1. The Balaban J connectivity index is 2.65.